The highest BCUT2D eigenvalue weighted by Crippen LogP contribution is 2.21. The number of aromatic nitrogens is 2. The normalized spacial score (nSPS) is 12.2. The second kappa shape index (κ2) is 6.02. The summed E-state index contributed by atoms with van der Waals surface area (Å²) in [7, 11) is 1.53. The molecule has 96 valence electrons. The van der Waals surface area contributed by atoms with Crippen molar-refractivity contribution in [3.05, 3.63) is 33.6 Å². The Bertz CT molecular complexity index is 504. The van der Waals surface area contributed by atoms with Gasteiger partial charge in [0.25, 0.3) is 0 Å². The van der Waals surface area contributed by atoms with Gasteiger partial charge in [0, 0.05) is 6.04 Å². The van der Waals surface area contributed by atoms with Gasteiger partial charge in [-0.3, -0.25) is 0 Å². The maximum absolute atomic E-state index is 6.04. The zero-order valence-electron chi connectivity index (χ0n) is 10.2. The van der Waals surface area contributed by atoms with E-state index in [9.17, 15) is 0 Å². The average molecular weight is 284 g/mol. The molecule has 4 nitrogen and oxygen atoms in total. The van der Waals surface area contributed by atoms with Gasteiger partial charge in [-0.15, -0.1) is 0 Å². The predicted octanol–water partition coefficient (Wildman–Crippen LogP) is 3.24. The minimum atomic E-state index is 0.233. The number of thiophene rings is 1. The molecule has 0 saturated carbocycles. The Morgan fingerprint density at radius 1 is 1.56 bits per heavy atom. The Hall–Kier alpha value is -1.33. The van der Waals surface area contributed by atoms with Gasteiger partial charge in [-0.05, 0) is 35.7 Å². The monoisotopic (exact) mass is 283 g/mol. The first kappa shape index (κ1) is 13.1. The van der Waals surface area contributed by atoms with E-state index >= 15 is 0 Å². The SMILES string of the molecule is COc1ncc(Cl)c(NC(C)Cc2ccsc2)n1. The molecule has 0 aliphatic rings. The van der Waals surface area contributed by atoms with Crippen LogP contribution in [0.1, 0.15) is 12.5 Å². The van der Waals surface area contributed by atoms with Crippen molar-refractivity contribution in [1.82, 2.24) is 9.97 Å². The summed E-state index contributed by atoms with van der Waals surface area (Å²) in [5.74, 6) is 0.603. The van der Waals surface area contributed by atoms with Crippen LogP contribution in [0, 0.1) is 0 Å². The molecule has 0 radical (unpaired) electrons. The Morgan fingerprint density at radius 2 is 2.39 bits per heavy atom. The van der Waals surface area contributed by atoms with E-state index in [0.29, 0.717) is 16.9 Å². The van der Waals surface area contributed by atoms with Gasteiger partial charge in [-0.1, -0.05) is 11.6 Å². The van der Waals surface area contributed by atoms with Crippen LogP contribution in [0.5, 0.6) is 6.01 Å². The van der Waals surface area contributed by atoms with E-state index in [1.54, 1.807) is 11.3 Å². The molecule has 0 aromatic carbocycles. The average Bonchev–Trinajstić information content (AvgIpc) is 2.84. The largest absolute Gasteiger partial charge is 0.467 e. The number of anilines is 1. The fraction of sp³-hybridized carbons (Fsp3) is 0.333. The summed E-state index contributed by atoms with van der Waals surface area (Å²) in [6, 6.07) is 2.66. The fourth-order valence-electron chi connectivity index (χ4n) is 1.60. The number of nitrogens with zero attached hydrogens (tertiary/aromatic N) is 2. The molecular weight excluding hydrogens is 270 g/mol. The molecule has 0 aliphatic heterocycles. The highest BCUT2D eigenvalue weighted by Gasteiger charge is 2.10. The standard InChI is InChI=1S/C12H14ClN3OS/c1-8(5-9-3-4-18-7-9)15-11-10(13)6-14-12(16-11)17-2/h3-4,6-8H,5H2,1-2H3,(H,14,15,16). The van der Waals surface area contributed by atoms with Gasteiger partial charge in [0.05, 0.1) is 13.3 Å². The topological polar surface area (TPSA) is 47.0 Å². The molecular formula is C12H14ClN3OS. The minimum absolute atomic E-state index is 0.233. The van der Waals surface area contributed by atoms with Crippen LogP contribution in [0.3, 0.4) is 0 Å². The van der Waals surface area contributed by atoms with E-state index in [4.69, 9.17) is 16.3 Å². The van der Waals surface area contributed by atoms with Crippen LogP contribution in [0.2, 0.25) is 5.02 Å². The summed E-state index contributed by atoms with van der Waals surface area (Å²) >= 11 is 7.74. The summed E-state index contributed by atoms with van der Waals surface area (Å²) in [5, 5.41) is 7.97. The van der Waals surface area contributed by atoms with Crippen molar-refractivity contribution < 1.29 is 4.74 Å². The summed E-state index contributed by atoms with van der Waals surface area (Å²) in [5.41, 5.74) is 1.30. The highest BCUT2D eigenvalue weighted by molar-refractivity contribution is 7.07. The lowest BCUT2D eigenvalue weighted by Gasteiger charge is -2.15. The van der Waals surface area contributed by atoms with Crippen LogP contribution in [-0.4, -0.2) is 23.1 Å². The van der Waals surface area contributed by atoms with Crippen molar-refractivity contribution >= 4 is 28.8 Å². The Kier molecular flexibility index (Phi) is 4.38. The van der Waals surface area contributed by atoms with Crippen molar-refractivity contribution in [3.63, 3.8) is 0 Å². The van der Waals surface area contributed by atoms with Crippen molar-refractivity contribution in [2.75, 3.05) is 12.4 Å². The lowest BCUT2D eigenvalue weighted by Crippen LogP contribution is -2.19. The lowest BCUT2D eigenvalue weighted by molar-refractivity contribution is 0.380. The third-order valence-corrected chi connectivity index (χ3v) is 3.42. The molecule has 2 rings (SSSR count). The molecule has 0 saturated heterocycles. The van der Waals surface area contributed by atoms with E-state index in [1.165, 1.54) is 18.9 Å². The Balaban J connectivity index is 2.04. The molecule has 2 heterocycles. The van der Waals surface area contributed by atoms with E-state index in [0.717, 1.165) is 6.42 Å². The van der Waals surface area contributed by atoms with Crippen LogP contribution < -0.4 is 10.1 Å². The van der Waals surface area contributed by atoms with Gasteiger partial charge in [0.1, 0.15) is 5.02 Å². The number of ether oxygens (including phenoxy) is 1. The van der Waals surface area contributed by atoms with E-state index in [2.05, 4.69) is 39.0 Å². The molecule has 0 bridgehead atoms. The van der Waals surface area contributed by atoms with Crippen molar-refractivity contribution in [1.29, 1.82) is 0 Å². The quantitative estimate of drug-likeness (QED) is 0.915. The lowest BCUT2D eigenvalue weighted by atomic mass is 10.1. The van der Waals surface area contributed by atoms with Crippen molar-refractivity contribution in [2.24, 2.45) is 0 Å². The third kappa shape index (κ3) is 3.34. The molecule has 0 spiro atoms. The number of rotatable bonds is 5. The molecule has 1 unspecified atom stereocenters. The van der Waals surface area contributed by atoms with E-state index in [-0.39, 0.29) is 6.04 Å². The summed E-state index contributed by atoms with van der Waals surface area (Å²) < 4.78 is 4.98. The van der Waals surface area contributed by atoms with Gasteiger partial charge in [-0.25, -0.2) is 4.98 Å². The first-order chi connectivity index (χ1) is 8.69. The molecule has 2 aromatic rings. The number of methoxy groups -OCH3 is 1. The summed E-state index contributed by atoms with van der Waals surface area (Å²) in [4.78, 5) is 8.12. The number of hydrogen-bond donors (Lipinski definition) is 1. The molecule has 1 atom stereocenters. The molecule has 18 heavy (non-hydrogen) atoms. The first-order valence-corrected chi connectivity index (χ1v) is 6.85. The molecule has 1 N–H and O–H groups in total. The van der Waals surface area contributed by atoms with Crippen molar-refractivity contribution in [3.8, 4) is 6.01 Å². The van der Waals surface area contributed by atoms with Gasteiger partial charge < -0.3 is 10.1 Å². The second-order valence-corrected chi connectivity index (χ2v) is 5.12. The Labute approximate surface area is 115 Å². The van der Waals surface area contributed by atoms with Gasteiger partial charge in [0.15, 0.2) is 5.82 Å². The van der Waals surface area contributed by atoms with Crippen molar-refractivity contribution in [2.45, 2.75) is 19.4 Å². The minimum Gasteiger partial charge on any atom is -0.467 e. The fourth-order valence-corrected chi connectivity index (χ4v) is 2.42. The zero-order chi connectivity index (χ0) is 13.0. The van der Waals surface area contributed by atoms with Crippen LogP contribution in [0.25, 0.3) is 0 Å². The molecule has 0 aliphatic carbocycles. The first-order valence-electron chi connectivity index (χ1n) is 5.53. The predicted molar refractivity (Wildman–Crippen MR) is 74.7 cm³/mol. The van der Waals surface area contributed by atoms with Gasteiger partial charge in [-0.2, -0.15) is 16.3 Å². The molecule has 2 aromatic heterocycles. The summed E-state index contributed by atoms with van der Waals surface area (Å²) in [6.07, 6.45) is 2.46. The van der Waals surface area contributed by atoms with Crippen LogP contribution in [0.15, 0.2) is 23.0 Å². The molecule has 0 amide bonds. The Morgan fingerprint density at radius 3 is 3.06 bits per heavy atom. The number of halogens is 1. The molecule has 0 fully saturated rings. The van der Waals surface area contributed by atoms with Crippen LogP contribution in [-0.2, 0) is 6.42 Å². The smallest absolute Gasteiger partial charge is 0.318 e. The van der Waals surface area contributed by atoms with Crippen LogP contribution in [0.4, 0.5) is 5.82 Å². The van der Waals surface area contributed by atoms with Gasteiger partial charge >= 0.3 is 6.01 Å². The number of nitrogens with one attached hydrogen (secondary N) is 1. The van der Waals surface area contributed by atoms with E-state index < -0.39 is 0 Å². The molecule has 6 heteroatoms. The second-order valence-electron chi connectivity index (χ2n) is 3.93. The highest BCUT2D eigenvalue weighted by atomic mass is 35.5. The zero-order valence-corrected chi connectivity index (χ0v) is 11.8. The van der Waals surface area contributed by atoms with Crippen LogP contribution >= 0.6 is 22.9 Å². The third-order valence-electron chi connectivity index (χ3n) is 2.41. The maximum Gasteiger partial charge on any atom is 0.318 e. The van der Waals surface area contributed by atoms with E-state index in [1.807, 2.05) is 0 Å². The summed E-state index contributed by atoms with van der Waals surface area (Å²) in [6.45, 7) is 2.09. The maximum atomic E-state index is 6.04. The number of hydrogen-bond acceptors (Lipinski definition) is 5. The van der Waals surface area contributed by atoms with Gasteiger partial charge in [0.2, 0.25) is 0 Å².